The van der Waals surface area contributed by atoms with Gasteiger partial charge in [0.2, 0.25) is 0 Å². The summed E-state index contributed by atoms with van der Waals surface area (Å²) in [5.74, 6) is -0.976. The smallest absolute Gasteiger partial charge is 0.322 e. The van der Waals surface area contributed by atoms with E-state index in [2.05, 4.69) is 20.8 Å². The lowest BCUT2D eigenvalue weighted by molar-refractivity contribution is 0.00785. The summed E-state index contributed by atoms with van der Waals surface area (Å²) in [6.07, 6.45) is 3.11. The molecule has 3 aromatic rings. The van der Waals surface area contributed by atoms with Crippen molar-refractivity contribution in [2.24, 2.45) is 0 Å². The molecule has 2 atom stereocenters. The van der Waals surface area contributed by atoms with Crippen molar-refractivity contribution in [1.82, 2.24) is 29.9 Å². The van der Waals surface area contributed by atoms with Crippen LogP contribution in [0.2, 0.25) is 0 Å². The Morgan fingerprint density at radius 2 is 1.80 bits per heavy atom. The van der Waals surface area contributed by atoms with Gasteiger partial charge in [0.25, 0.3) is 0 Å². The van der Waals surface area contributed by atoms with Crippen LogP contribution >= 0.6 is 0 Å². The molecule has 4 amide bonds. The number of para-hydroxylation sites is 1. The zero-order valence-corrected chi connectivity index (χ0v) is 25.4. The van der Waals surface area contributed by atoms with Crippen molar-refractivity contribution < 1.29 is 23.1 Å². The third kappa shape index (κ3) is 5.74. The Morgan fingerprint density at radius 1 is 1.02 bits per heavy atom. The topological polar surface area (TPSA) is 105 Å². The van der Waals surface area contributed by atoms with E-state index >= 15 is 0 Å². The van der Waals surface area contributed by atoms with Crippen LogP contribution in [0.1, 0.15) is 74.3 Å². The van der Waals surface area contributed by atoms with Crippen LogP contribution in [0.25, 0.3) is 0 Å². The average Bonchev–Trinajstić information content (AvgIpc) is 3.27. The highest BCUT2D eigenvalue weighted by Gasteiger charge is 2.37. The number of amides is 4. The number of anilines is 1. The first-order valence-electron chi connectivity index (χ1n) is 15.3. The van der Waals surface area contributed by atoms with E-state index in [1.807, 2.05) is 47.6 Å². The normalized spacial score (nSPS) is 21.2. The number of hydrogen-bond donors (Lipinski definition) is 2. The number of likely N-dealkylation sites (tertiary alicyclic amines) is 1. The largest absolute Gasteiger partial charge is 0.371 e. The molecule has 1 aromatic heterocycles. The Bertz CT molecular complexity index is 1540. The molecule has 0 saturated carbocycles. The number of carbonyl (C=O) groups excluding carboxylic acids is 2. The van der Waals surface area contributed by atoms with E-state index in [0.29, 0.717) is 69.1 Å². The molecule has 44 heavy (non-hydrogen) atoms. The predicted molar refractivity (Wildman–Crippen MR) is 160 cm³/mol. The standard InChI is InChI=1S/C32H39F2N7O3/c1-32(2,44-3)29-38-37-28-26(12-11-21(19-41(28)29)23-8-6-9-24(33)27(23)34)36-30(42)39-16-14-22(15-17-39)40-18-13-20-7-4-5-10-25(20)35-31(40)43/h4-10,21-22,26H,11-19H2,1-3H3,(H,35,43)(H,36,42)/t21-,26-/m1/s1. The van der Waals surface area contributed by atoms with E-state index in [-0.39, 0.29) is 24.0 Å². The second-order valence-electron chi connectivity index (χ2n) is 12.4. The minimum Gasteiger partial charge on any atom is -0.371 e. The summed E-state index contributed by atoms with van der Waals surface area (Å²) in [6.45, 7) is 5.70. The highest BCUT2D eigenvalue weighted by Crippen LogP contribution is 2.37. The second kappa shape index (κ2) is 12.1. The third-order valence-electron chi connectivity index (χ3n) is 9.40. The molecular formula is C32H39F2N7O3. The van der Waals surface area contributed by atoms with E-state index in [1.165, 1.54) is 6.07 Å². The number of ether oxygens (including phenoxy) is 1. The van der Waals surface area contributed by atoms with Gasteiger partial charge >= 0.3 is 12.1 Å². The van der Waals surface area contributed by atoms with Gasteiger partial charge in [-0.25, -0.2) is 18.4 Å². The van der Waals surface area contributed by atoms with Gasteiger partial charge in [-0.3, -0.25) is 0 Å². The second-order valence-corrected chi connectivity index (χ2v) is 12.4. The summed E-state index contributed by atoms with van der Waals surface area (Å²) in [4.78, 5) is 30.3. The van der Waals surface area contributed by atoms with Gasteiger partial charge in [-0.1, -0.05) is 30.3 Å². The number of benzene rings is 2. The van der Waals surface area contributed by atoms with Gasteiger partial charge in [0, 0.05) is 50.9 Å². The van der Waals surface area contributed by atoms with Crippen molar-refractivity contribution in [2.75, 3.05) is 32.1 Å². The maximum atomic E-state index is 14.9. The van der Waals surface area contributed by atoms with Gasteiger partial charge in [-0.15, -0.1) is 10.2 Å². The van der Waals surface area contributed by atoms with E-state index < -0.39 is 23.3 Å². The maximum Gasteiger partial charge on any atom is 0.322 e. The number of methoxy groups -OCH3 is 1. The molecular weight excluding hydrogens is 568 g/mol. The van der Waals surface area contributed by atoms with Gasteiger partial charge in [0.15, 0.2) is 23.3 Å². The zero-order valence-electron chi connectivity index (χ0n) is 25.4. The number of aromatic nitrogens is 3. The molecule has 234 valence electrons. The first-order chi connectivity index (χ1) is 21.2. The first kappa shape index (κ1) is 30.0. The van der Waals surface area contributed by atoms with Crippen LogP contribution in [0, 0.1) is 11.6 Å². The molecule has 3 aliphatic rings. The van der Waals surface area contributed by atoms with Crippen molar-refractivity contribution in [1.29, 1.82) is 0 Å². The van der Waals surface area contributed by atoms with Gasteiger partial charge in [-0.2, -0.15) is 0 Å². The molecule has 6 rings (SSSR count). The van der Waals surface area contributed by atoms with Crippen LogP contribution in [-0.2, 0) is 23.3 Å². The minimum absolute atomic E-state index is 0.0371. The molecule has 1 fully saturated rings. The third-order valence-corrected chi connectivity index (χ3v) is 9.40. The maximum absolute atomic E-state index is 14.9. The lowest BCUT2D eigenvalue weighted by atomic mass is 9.92. The highest BCUT2D eigenvalue weighted by molar-refractivity contribution is 5.91. The molecule has 0 radical (unpaired) electrons. The van der Waals surface area contributed by atoms with Crippen molar-refractivity contribution in [3.8, 4) is 0 Å². The Hall–Kier alpha value is -4.06. The Balaban J connectivity index is 1.15. The van der Waals surface area contributed by atoms with Gasteiger partial charge in [0.1, 0.15) is 5.60 Å². The number of carbonyl (C=O) groups is 2. The lowest BCUT2D eigenvalue weighted by Crippen LogP contribution is -2.52. The Morgan fingerprint density at radius 3 is 2.57 bits per heavy atom. The SMILES string of the molecule is COC(C)(C)c1nnc2n1C[C@H](c1cccc(F)c1F)CC[C@H]2NC(=O)N1CCC(N2CCc3ccccc3NC2=O)CC1. The predicted octanol–water partition coefficient (Wildman–Crippen LogP) is 5.32. The number of piperidine rings is 1. The van der Waals surface area contributed by atoms with Crippen LogP contribution in [0.15, 0.2) is 42.5 Å². The van der Waals surface area contributed by atoms with Crippen LogP contribution in [-0.4, -0.2) is 69.4 Å². The van der Waals surface area contributed by atoms with E-state index in [0.717, 1.165) is 23.7 Å². The molecule has 4 heterocycles. The summed E-state index contributed by atoms with van der Waals surface area (Å²) in [5, 5.41) is 15.1. The molecule has 0 aliphatic carbocycles. The summed E-state index contributed by atoms with van der Waals surface area (Å²) >= 11 is 0. The Kier molecular flexibility index (Phi) is 8.28. The number of hydrogen-bond acceptors (Lipinski definition) is 5. The van der Waals surface area contributed by atoms with Crippen LogP contribution < -0.4 is 10.6 Å². The Labute approximate surface area is 255 Å². The van der Waals surface area contributed by atoms with Crippen molar-refractivity contribution in [3.05, 3.63) is 76.9 Å². The van der Waals surface area contributed by atoms with E-state index in [4.69, 9.17) is 4.74 Å². The average molecular weight is 608 g/mol. The number of urea groups is 2. The van der Waals surface area contributed by atoms with E-state index in [9.17, 15) is 18.4 Å². The van der Waals surface area contributed by atoms with Gasteiger partial charge < -0.3 is 29.7 Å². The molecule has 12 heteroatoms. The molecule has 0 bridgehead atoms. The highest BCUT2D eigenvalue weighted by atomic mass is 19.2. The van der Waals surface area contributed by atoms with Crippen molar-refractivity contribution in [3.63, 3.8) is 0 Å². The van der Waals surface area contributed by atoms with Crippen LogP contribution in [0.5, 0.6) is 0 Å². The monoisotopic (exact) mass is 607 g/mol. The molecule has 2 aromatic carbocycles. The van der Waals surface area contributed by atoms with Gasteiger partial charge in [-0.05, 0) is 69.2 Å². The minimum atomic E-state index is -0.886. The van der Waals surface area contributed by atoms with E-state index in [1.54, 1.807) is 18.1 Å². The fourth-order valence-corrected chi connectivity index (χ4v) is 6.68. The number of halogens is 2. The lowest BCUT2D eigenvalue weighted by Gasteiger charge is -2.38. The molecule has 0 unspecified atom stereocenters. The zero-order chi connectivity index (χ0) is 31.0. The summed E-state index contributed by atoms with van der Waals surface area (Å²) in [7, 11) is 1.58. The molecule has 0 spiro atoms. The number of nitrogens with zero attached hydrogens (tertiary/aromatic N) is 5. The van der Waals surface area contributed by atoms with Crippen LogP contribution in [0.3, 0.4) is 0 Å². The first-order valence-corrected chi connectivity index (χ1v) is 15.3. The molecule has 1 saturated heterocycles. The molecule has 10 nitrogen and oxygen atoms in total. The van der Waals surface area contributed by atoms with Crippen molar-refractivity contribution >= 4 is 17.7 Å². The fourth-order valence-electron chi connectivity index (χ4n) is 6.68. The summed E-state index contributed by atoms with van der Waals surface area (Å²) < 4.78 is 36.7. The number of nitrogens with one attached hydrogen (secondary N) is 2. The fraction of sp³-hybridized carbons (Fsp3) is 0.500. The van der Waals surface area contributed by atoms with Gasteiger partial charge in [0.05, 0.1) is 6.04 Å². The van der Waals surface area contributed by atoms with Crippen LogP contribution in [0.4, 0.5) is 24.1 Å². The number of fused-ring (bicyclic) bond motifs is 2. The quantitative estimate of drug-likeness (QED) is 0.409. The summed E-state index contributed by atoms with van der Waals surface area (Å²) in [5.41, 5.74) is 1.47. The number of rotatable bonds is 5. The molecule has 2 N–H and O–H groups in total. The summed E-state index contributed by atoms with van der Waals surface area (Å²) in [6, 6.07) is 11.3. The van der Waals surface area contributed by atoms with Crippen molar-refractivity contribution in [2.45, 2.75) is 76.1 Å². The molecule has 3 aliphatic heterocycles.